The summed E-state index contributed by atoms with van der Waals surface area (Å²) < 4.78 is 4.89. The van der Waals surface area contributed by atoms with Crippen LogP contribution in [0.15, 0.2) is 0 Å². The monoisotopic (exact) mass is 273 g/mol. The molecule has 0 saturated heterocycles. The Kier molecular flexibility index (Phi) is 9.16. The summed E-state index contributed by atoms with van der Waals surface area (Å²) in [7, 11) is 5.17. The van der Waals surface area contributed by atoms with Gasteiger partial charge in [-0.25, -0.2) is 0 Å². The number of nitrogens with one attached hydrogen (secondary N) is 1. The van der Waals surface area contributed by atoms with Crippen LogP contribution in [0.5, 0.6) is 0 Å². The quantitative estimate of drug-likeness (QED) is 0.598. The molecule has 6 nitrogen and oxygen atoms in total. The standard InChI is InChI=1S/C13H27N3O3/c1-11(2)16(4)13(18)10-15(3)9-12(17)14-7-6-8-19-5/h11H,6-10H2,1-5H3,(H,14,17). The number of hydrogen-bond acceptors (Lipinski definition) is 4. The van der Waals surface area contributed by atoms with Gasteiger partial charge in [-0.05, 0) is 27.3 Å². The zero-order valence-corrected chi connectivity index (χ0v) is 12.7. The van der Waals surface area contributed by atoms with Crippen molar-refractivity contribution >= 4 is 11.8 Å². The predicted molar refractivity (Wildman–Crippen MR) is 74.9 cm³/mol. The Labute approximate surface area is 116 Å². The highest BCUT2D eigenvalue weighted by atomic mass is 16.5. The largest absolute Gasteiger partial charge is 0.385 e. The van der Waals surface area contributed by atoms with Gasteiger partial charge in [0.2, 0.25) is 11.8 Å². The van der Waals surface area contributed by atoms with Gasteiger partial charge in [-0.1, -0.05) is 0 Å². The Hall–Kier alpha value is -1.14. The fourth-order valence-electron chi connectivity index (χ4n) is 1.43. The number of hydrogen-bond donors (Lipinski definition) is 1. The van der Waals surface area contributed by atoms with Crippen molar-refractivity contribution in [3.05, 3.63) is 0 Å². The summed E-state index contributed by atoms with van der Waals surface area (Å²) in [6.07, 6.45) is 0.793. The molecule has 0 radical (unpaired) electrons. The van der Waals surface area contributed by atoms with Crippen molar-refractivity contribution in [2.45, 2.75) is 26.3 Å². The lowest BCUT2D eigenvalue weighted by Gasteiger charge is -2.24. The first-order valence-corrected chi connectivity index (χ1v) is 6.58. The molecule has 0 spiro atoms. The normalized spacial score (nSPS) is 10.9. The topological polar surface area (TPSA) is 61.9 Å². The lowest BCUT2D eigenvalue weighted by molar-refractivity contribution is -0.132. The Morgan fingerprint density at radius 2 is 1.84 bits per heavy atom. The van der Waals surface area contributed by atoms with E-state index in [1.807, 2.05) is 13.8 Å². The van der Waals surface area contributed by atoms with Gasteiger partial charge in [0, 0.05) is 33.4 Å². The SMILES string of the molecule is COCCCNC(=O)CN(C)CC(=O)N(C)C(C)C. The van der Waals surface area contributed by atoms with Crippen molar-refractivity contribution in [3.63, 3.8) is 0 Å². The van der Waals surface area contributed by atoms with E-state index in [9.17, 15) is 9.59 Å². The van der Waals surface area contributed by atoms with Gasteiger partial charge in [0.25, 0.3) is 0 Å². The highest BCUT2D eigenvalue weighted by Crippen LogP contribution is 1.96. The maximum absolute atomic E-state index is 11.8. The van der Waals surface area contributed by atoms with E-state index in [0.29, 0.717) is 13.2 Å². The summed E-state index contributed by atoms with van der Waals surface area (Å²) >= 11 is 0. The molecular formula is C13H27N3O3. The average molecular weight is 273 g/mol. The van der Waals surface area contributed by atoms with Crippen LogP contribution < -0.4 is 5.32 Å². The molecule has 0 aromatic rings. The molecule has 6 heteroatoms. The lowest BCUT2D eigenvalue weighted by Crippen LogP contribution is -2.43. The summed E-state index contributed by atoms with van der Waals surface area (Å²) in [4.78, 5) is 26.8. The maximum Gasteiger partial charge on any atom is 0.236 e. The molecule has 0 bridgehead atoms. The molecule has 19 heavy (non-hydrogen) atoms. The van der Waals surface area contributed by atoms with Gasteiger partial charge < -0.3 is 15.0 Å². The van der Waals surface area contributed by atoms with Crippen molar-refractivity contribution in [1.82, 2.24) is 15.1 Å². The Morgan fingerprint density at radius 3 is 2.37 bits per heavy atom. The minimum absolute atomic E-state index is 0.0182. The zero-order valence-electron chi connectivity index (χ0n) is 12.7. The van der Waals surface area contributed by atoms with Crippen LogP contribution in [0.4, 0.5) is 0 Å². The van der Waals surface area contributed by atoms with E-state index in [1.165, 1.54) is 0 Å². The molecule has 0 atom stereocenters. The van der Waals surface area contributed by atoms with Crippen LogP contribution in [-0.4, -0.2) is 75.1 Å². The van der Waals surface area contributed by atoms with Crippen LogP contribution in [0.3, 0.4) is 0 Å². The number of nitrogens with zero attached hydrogens (tertiary/aromatic N) is 2. The summed E-state index contributed by atoms with van der Waals surface area (Å²) in [6.45, 7) is 5.62. The van der Waals surface area contributed by atoms with E-state index in [4.69, 9.17) is 4.74 Å². The van der Waals surface area contributed by atoms with Crippen LogP contribution in [0.1, 0.15) is 20.3 Å². The van der Waals surface area contributed by atoms with E-state index >= 15 is 0 Å². The lowest BCUT2D eigenvalue weighted by atomic mass is 10.3. The van der Waals surface area contributed by atoms with E-state index in [-0.39, 0.29) is 30.9 Å². The molecule has 0 aliphatic carbocycles. The van der Waals surface area contributed by atoms with Gasteiger partial charge in [-0.2, -0.15) is 0 Å². The zero-order chi connectivity index (χ0) is 14.8. The number of methoxy groups -OCH3 is 1. The smallest absolute Gasteiger partial charge is 0.236 e. The van der Waals surface area contributed by atoms with Gasteiger partial charge in [-0.15, -0.1) is 0 Å². The van der Waals surface area contributed by atoms with Crippen molar-refractivity contribution < 1.29 is 14.3 Å². The van der Waals surface area contributed by atoms with Crippen molar-refractivity contribution in [2.24, 2.45) is 0 Å². The Morgan fingerprint density at radius 1 is 1.21 bits per heavy atom. The Balaban J connectivity index is 3.87. The van der Waals surface area contributed by atoms with E-state index in [0.717, 1.165) is 6.42 Å². The molecule has 0 saturated carbocycles. The molecule has 0 aromatic carbocycles. The average Bonchev–Trinajstić information content (AvgIpc) is 2.33. The third-order valence-corrected chi connectivity index (χ3v) is 2.83. The molecule has 1 N–H and O–H groups in total. The van der Waals surface area contributed by atoms with Crippen molar-refractivity contribution in [1.29, 1.82) is 0 Å². The van der Waals surface area contributed by atoms with Gasteiger partial charge >= 0.3 is 0 Å². The van der Waals surface area contributed by atoms with Crippen LogP contribution in [-0.2, 0) is 14.3 Å². The fraction of sp³-hybridized carbons (Fsp3) is 0.846. The first-order chi connectivity index (χ1) is 8.88. The first-order valence-electron chi connectivity index (χ1n) is 6.58. The summed E-state index contributed by atoms with van der Waals surface area (Å²) in [5.74, 6) is -0.0525. The fourth-order valence-corrected chi connectivity index (χ4v) is 1.43. The summed E-state index contributed by atoms with van der Waals surface area (Å²) in [5.41, 5.74) is 0. The third kappa shape index (κ3) is 8.56. The number of amides is 2. The molecule has 112 valence electrons. The van der Waals surface area contributed by atoms with Gasteiger partial charge in [0.1, 0.15) is 0 Å². The predicted octanol–water partition coefficient (Wildman–Crippen LogP) is -0.0623. The third-order valence-electron chi connectivity index (χ3n) is 2.83. The second-order valence-corrected chi connectivity index (χ2v) is 4.97. The molecule has 0 rings (SSSR count). The second-order valence-electron chi connectivity index (χ2n) is 4.97. The summed E-state index contributed by atoms with van der Waals surface area (Å²) in [6, 6.07) is 0.170. The number of carbonyl (C=O) groups excluding carboxylic acids is 2. The van der Waals surface area contributed by atoms with Crippen LogP contribution >= 0.6 is 0 Å². The molecule has 0 unspecified atom stereocenters. The first kappa shape index (κ1) is 17.9. The highest BCUT2D eigenvalue weighted by molar-refractivity contribution is 5.81. The Bertz CT molecular complexity index is 282. The van der Waals surface area contributed by atoms with Crippen LogP contribution in [0.2, 0.25) is 0 Å². The molecule has 0 aromatic heterocycles. The molecule has 0 aliphatic rings. The van der Waals surface area contributed by atoms with Crippen molar-refractivity contribution in [3.8, 4) is 0 Å². The number of rotatable bonds is 9. The number of likely N-dealkylation sites (N-methyl/N-ethyl adjacent to an activating group) is 2. The molecule has 0 aliphatic heterocycles. The highest BCUT2D eigenvalue weighted by Gasteiger charge is 2.15. The van der Waals surface area contributed by atoms with E-state index in [2.05, 4.69) is 5.32 Å². The molecule has 2 amide bonds. The van der Waals surface area contributed by atoms with Crippen LogP contribution in [0.25, 0.3) is 0 Å². The molecule has 0 fully saturated rings. The number of ether oxygens (including phenoxy) is 1. The van der Waals surface area contributed by atoms with Gasteiger partial charge in [-0.3, -0.25) is 14.5 Å². The molecule has 0 heterocycles. The number of carbonyl (C=O) groups is 2. The minimum Gasteiger partial charge on any atom is -0.385 e. The summed E-state index contributed by atoms with van der Waals surface area (Å²) in [5, 5.41) is 2.79. The minimum atomic E-state index is -0.0707. The molecular weight excluding hydrogens is 246 g/mol. The second kappa shape index (κ2) is 9.75. The van der Waals surface area contributed by atoms with E-state index in [1.54, 1.807) is 31.0 Å². The maximum atomic E-state index is 11.8. The van der Waals surface area contributed by atoms with Crippen molar-refractivity contribution in [2.75, 3.05) is 47.4 Å². The van der Waals surface area contributed by atoms with Gasteiger partial charge in [0.15, 0.2) is 0 Å². The van der Waals surface area contributed by atoms with Gasteiger partial charge in [0.05, 0.1) is 13.1 Å². The van der Waals surface area contributed by atoms with E-state index < -0.39 is 0 Å². The van der Waals surface area contributed by atoms with Crippen LogP contribution in [0, 0.1) is 0 Å².